The molecule has 10 aromatic rings. The predicted octanol–water partition coefficient (Wildman–Crippen LogP) is 12.1. The van der Waals surface area contributed by atoms with Crippen molar-refractivity contribution in [1.29, 1.82) is 0 Å². The lowest BCUT2D eigenvalue weighted by molar-refractivity contribution is 1.64. The highest BCUT2D eigenvalue weighted by Gasteiger charge is 2.19. The minimum atomic E-state index is 0.580. The Balaban J connectivity index is 1.25. The molecule has 0 unspecified atom stereocenters. The molecule has 1 heteroatoms. The molecule has 0 saturated carbocycles. The fraction of sp³-hybridized carbons (Fsp3) is 0. The second-order valence-corrected chi connectivity index (χ2v) is 14.8. The molecule has 0 fully saturated rings. The van der Waals surface area contributed by atoms with Crippen molar-refractivity contribution >= 4 is 73.8 Å². The van der Waals surface area contributed by atoms with Gasteiger partial charge >= 0.3 is 0 Å². The van der Waals surface area contributed by atoms with Gasteiger partial charge in [-0.1, -0.05) is 186 Å². The molecule has 10 aromatic carbocycles. The first-order valence-electron chi connectivity index (χ1n) is 17.6. The predicted molar refractivity (Wildman–Crippen MR) is 222 cm³/mol. The molecule has 236 valence electrons. The maximum absolute atomic E-state index is 2.46. The zero-order chi connectivity index (χ0) is 33.7. The van der Waals surface area contributed by atoms with Crippen LogP contribution < -0.4 is 10.4 Å². The van der Waals surface area contributed by atoms with E-state index in [2.05, 4.69) is 194 Å². The van der Waals surface area contributed by atoms with Crippen LogP contribution in [0.1, 0.15) is 0 Å². The van der Waals surface area contributed by atoms with Gasteiger partial charge in [0, 0.05) is 0 Å². The van der Waals surface area contributed by atoms with Crippen molar-refractivity contribution in [2.45, 2.75) is 0 Å². The molecule has 2 radical (unpaired) electrons. The van der Waals surface area contributed by atoms with Crippen LogP contribution in [0.3, 0.4) is 0 Å². The van der Waals surface area contributed by atoms with E-state index in [1.807, 2.05) is 0 Å². The summed E-state index contributed by atoms with van der Waals surface area (Å²) in [5, 5.41) is 15.4. The van der Waals surface area contributed by atoms with Crippen molar-refractivity contribution in [2.75, 3.05) is 0 Å². The number of rotatable bonds is 5. The molecule has 0 atom stereocenters. The van der Waals surface area contributed by atoms with E-state index in [4.69, 9.17) is 0 Å². The van der Waals surface area contributed by atoms with Crippen LogP contribution in [0.25, 0.3) is 87.2 Å². The summed E-state index contributed by atoms with van der Waals surface area (Å²) in [5.41, 5.74) is 7.55. The zero-order valence-corrected chi connectivity index (χ0v) is 29.0. The van der Waals surface area contributed by atoms with Crippen molar-refractivity contribution in [2.24, 2.45) is 0 Å². The minimum Gasteiger partial charge on any atom is -0.0631 e. The lowest BCUT2D eigenvalue weighted by Crippen LogP contribution is -2.26. The van der Waals surface area contributed by atoms with Gasteiger partial charge in [-0.2, -0.15) is 0 Å². The van der Waals surface area contributed by atoms with Crippen molar-refractivity contribution in [3.63, 3.8) is 0 Å². The van der Waals surface area contributed by atoms with Gasteiger partial charge in [0.2, 0.25) is 0 Å². The first-order valence-corrected chi connectivity index (χ1v) is 18.6. The topological polar surface area (TPSA) is 0 Å². The van der Waals surface area contributed by atoms with Gasteiger partial charge in [0.1, 0.15) is 9.52 Å². The van der Waals surface area contributed by atoms with E-state index in [9.17, 15) is 0 Å². The highest BCUT2D eigenvalue weighted by Crippen LogP contribution is 2.45. The van der Waals surface area contributed by atoms with Crippen molar-refractivity contribution in [3.8, 4) is 33.4 Å². The summed E-state index contributed by atoms with van der Waals surface area (Å²) in [7, 11) is 0.580. The summed E-state index contributed by atoms with van der Waals surface area (Å²) >= 11 is 0. The fourth-order valence-corrected chi connectivity index (χ4v) is 9.12. The van der Waals surface area contributed by atoms with Crippen LogP contribution in [0.5, 0.6) is 0 Å². The number of hydrogen-bond acceptors (Lipinski definition) is 0. The van der Waals surface area contributed by atoms with Crippen LogP contribution in [0.2, 0.25) is 0 Å². The lowest BCUT2D eigenvalue weighted by atomic mass is 9.84. The number of fused-ring (bicyclic) bond motifs is 6. The quantitative estimate of drug-likeness (QED) is 0.0979. The van der Waals surface area contributed by atoms with E-state index >= 15 is 0 Å². The smallest absolute Gasteiger partial charge is 0.0631 e. The maximum atomic E-state index is 2.46. The van der Waals surface area contributed by atoms with Crippen molar-refractivity contribution in [1.82, 2.24) is 0 Å². The fourth-order valence-electron chi connectivity index (χ4n) is 8.05. The molecule has 0 aromatic heterocycles. The summed E-state index contributed by atoms with van der Waals surface area (Å²) in [6.45, 7) is 0. The molecule has 0 amide bonds. The Bertz CT molecular complexity index is 2940. The minimum absolute atomic E-state index is 0.580. The lowest BCUT2D eigenvalue weighted by Gasteiger charge is -2.19. The standard InChI is InChI=1S/C50H32Si/c1-2-18-39(19-3-1)51-40-27-28-46-48(32-40)50(38-26-25-33-13-4-5-14-34(33)29-38)45-24-11-10-23-44(45)49(46)37-17-12-16-35(30-37)47-31-36-15-6-7-20-41(36)42-21-8-9-22-43(42)47/h1-32H. The first-order chi connectivity index (χ1) is 25.3. The molecule has 0 aliphatic heterocycles. The molecule has 0 bridgehead atoms. The summed E-state index contributed by atoms with van der Waals surface area (Å²) in [5.74, 6) is 0. The van der Waals surface area contributed by atoms with E-state index in [-0.39, 0.29) is 0 Å². The molecule has 0 spiro atoms. The second kappa shape index (κ2) is 12.2. The van der Waals surface area contributed by atoms with E-state index in [1.165, 1.54) is 97.6 Å². The van der Waals surface area contributed by atoms with Gasteiger partial charge in [-0.3, -0.25) is 0 Å². The molecule has 0 N–H and O–H groups in total. The Hall–Kier alpha value is -6.28. The third-order valence-electron chi connectivity index (χ3n) is 10.4. The van der Waals surface area contributed by atoms with Crippen LogP contribution in [0, 0.1) is 0 Å². The molecule has 51 heavy (non-hydrogen) atoms. The molecular weight excluding hydrogens is 629 g/mol. The van der Waals surface area contributed by atoms with Crippen molar-refractivity contribution < 1.29 is 0 Å². The SMILES string of the molecule is c1ccc([Si]c2ccc3c(-c4cccc(-c5cc6ccccc6c6ccccc56)c4)c4ccccc4c(-c4ccc5ccccc5c4)c3c2)cc1. The third kappa shape index (κ3) is 5.14. The number of hydrogen-bond donors (Lipinski definition) is 0. The largest absolute Gasteiger partial charge is 0.121 e. The first kappa shape index (κ1) is 29.6. The summed E-state index contributed by atoms with van der Waals surface area (Å²) in [6.07, 6.45) is 0. The summed E-state index contributed by atoms with van der Waals surface area (Å²) < 4.78 is 0. The Morgan fingerprint density at radius 2 is 0.843 bits per heavy atom. The van der Waals surface area contributed by atoms with Crippen molar-refractivity contribution in [3.05, 3.63) is 194 Å². The van der Waals surface area contributed by atoms with Crippen LogP contribution in [0.4, 0.5) is 0 Å². The average Bonchev–Trinajstić information content (AvgIpc) is 3.20. The molecule has 10 rings (SSSR count). The van der Waals surface area contributed by atoms with Gasteiger partial charge in [-0.25, -0.2) is 0 Å². The molecule has 0 aliphatic rings. The molecule has 0 heterocycles. The highest BCUT2D eigenvalue weighted by atomic mass is 28.2. The van der Waals surface area contributed by atoms with Crippen LogP contribution in [0.15, 0.2) is 194 Å². The molecular formula is C50H32Si. The monoisotopic (exact) mass is 660 g/mol. The van der Waals surface area contributed by atoms with Gasteiger partial charge in [-0.05, 0) is 105 Å². The van der Waals surface area contributed by atoms with E-state index in [1.54, 1.807) is 0 Å². The molecule has 0 aliphatic carbocycles. The summed E-state index contributed by atoms with van der Waals surface area (Å²) in [6, 6.07) is 71.8. The highest BCUT2D eigenvalue weighted by molar-refractivity contribution is 6.67. The third-order valence-corrected chi connectivity index (χ3v) is 11.6. The second-order valence-electron chi connectivity index (χ2n) is 13.4. The zero-order valence-electron chi connectivity index (χ0n) is 28.0. The summed E-state index contributed by atoms with van der Waals surface area (Å²) in [4.78, 5) is 0. The van der Waals surface area contributed by atoms with Gasteiger partial charge < -0.3 is 0 Å². The van der Waals surface area contributed by atoms with Gasteiger partial charge in [0.05, 0.1) is 0 Å². The maximum Gasteiger partial charge on any atom is 0.121 e. The molecule has 0 nitrogen and oxygen atoms in total. The van der Waals surface area contributed by atoms with E-state index in [0.717, 1.165) is 0 Å². The Morgan fingerprint density at radius 3 is 1.65 bits per heavy atom. The number of benzene rings is 10. The normalized spacial score (nSPS) is 11.6. The average molecular weight is 661 g/mol. The van der Waals surface area contributed by atoms with Gasteiger partial charge in [0.15, 0.2) is 0 Å². The molecule has 0 saturated heterocycles. The van der Waals surface area contributed by atoms with E-state index in [0.29, 0.717) is 9.52 Å². The van der Waals surface area contributed by atoms with Gasteiger partial charge in [-0.15, -0.1) is 0 Å². The Kier molecular flexibility index (Phi) is 7.11. The Labute approximate surface area is 300 Å². The van der Waals surface area contributed by atoms with Crippen LogP contribution in [-0.4, -0.2) is 9.52 Å². The van der Waals surface area contributed by atoms with Crippen LogP contribution >= 0.6 is 0 Å². The van der Waals surface area contributed by atoms with Gasteiger partial charge in [0.25, 0.3) is 0 Å². The van der Waals surface area contributed by atoms with Crippen LogP contribution in [-0.2, 0) is 0 Å². The Morgan fingerprint density at radius 1 is 0.255 bits per heavy atom. The van der Waals surface area contributed by atoms with E-state index < -0.39 is 0 Å².